The van der Waals surface area contributed by atoms with Crippen molar-refractivity contribution in [3.8, 4) is 5.75 Å². The first-order valence-corrected chi connectivity index (χ1v) is 5.13. The molecule has 0 atom stereocenters. The first-order chi connectivity index (χ1) is 8.02. The molecule has 0 aliphatic heterocycles. The lowest BCUT2D eigenvalue weighted by Crippen LogP contribution is -2.30. The summed E-state index contributed by atoms with van der Waals surface area (Å²) in [6.45, 7) is 0.234. The summed E-state index contributed by atoms with van der Waals surface area (Å²) in [5, 5.41) is 11.9. The van der Waals surface area contributed by atoms with Crippen molar-refractivity contribution >= 4 is 11.8 Å². The third kappa shape index (κ3) is 3.75. The van der Waals surface area contributed by atoms with Crippen LogP contribution < -0.4 is 5.32 Å². The van der Waals surface area contributed by atoms with E-state index in [1.54, 1.807) is 14.1 Å². The van der Waals surface area contributed by atoms with Crippen LogP contribution in [-0.4, -0.2) is 47.4 Å². The number of hydrogen-bond donors (Lipinski definition) is 2. The molecule has 1 aromatic heterocycles. The first kappa shape index (κ1) is 13.0. The summed E-state index contributed by atoms with van der Waals surface area (Å²) in [5.74, 6) is -0.662. The van der Waals surface area contributed by atoms with Crippen LogP contribution in [-0.2, 0) is 4.79 Å². The molecule has 92 valence electrons. The molecule has 0 spiro atoms. The lowest BCUT2D eigenvalue weighted by Gasteiger charge is -2.10. The molecule has 0 unspecified atom stereocenters. The molecular formula is C11H15N3O3. The number of nitrogens with zero attached hydrogens (tertiary/aromatic N) is 2. The van der Waals surface area contributed by atoms with E-state index in [1.807, 2.05) is 0 Å². The van der Waals surface area contributed by atoms with E-state index in [4.69, 9.17) is 0 Å². The Labute approximate surface area is 99.3 Å². The average Bonchev–Trinajstić information content (AvgIpc) is 2.29. The van der Waals surface area contributed by atoms with Gasteiger partial charge in [-0.25, -0.2) is 0 Å². The van der Waals surface area contributed by atoms with E-state index in [-0.39, 0.29) is 30.2 Å². The number of amides is 2. The maximum absolute atomic E-state index is 11.6. The molecular weight excluding hydrogens is 222 g/mol. The van der Waals surface area contributed by atoms with Gasteiger partial charge in [0.2, 0.25) is 5.91 Å². The second-order valence-corrected chi connectivity index (χ2v) is 3.69. The summed E-state index contributed by atoms with van der Waals surface area (Å²) >= 11 is 0. The minimum Gasteiger partial charge on any atom is -0.505 e. The van der Waals surface area contributed by atoms with Gasteiger partial charge in [-0.2, -0.15) is 0 Å². The fourth-order valence-electron chi connectivity index (χ4n) is 1.18. The quantitative estimate of drug-likeness (QED) is 0.772. The fourth-order valence-corrected chi connectivity index (χ4v) is 1.18. The highest BCUT2D eigenvalue weighted by atomic mass is 16.3. The predicted molar refractivity (Wildman–Crippen MR) is 61.5 cm³/mol. The van der Waals surface area contributed by atoms with Gasteiger partial charge in [0.25, 0.3) is 5.91 Å². The molecule has 0 fully saturated rings. The summed E-state index contributed by atoms with van der Waals surface area (Å²) in [5.41, 5.74) is 0.150. The van der Waals surface area contributed by atoms with E-state index in [1.165, 1.54) is 23.4 Å². The Kier molecular flexibility index (Phi) is 4.45. The van der Waals surface area contributed by atoms with Crippen LogP contribution in [0.15, 0.2) is 18.5 Å². The third-order valence-electron chi connectivity index (χ3n) is 2.17. The highest BCUT2D eigenvalue weighted by molar-refractivity contribution is 5.96. The second kappa shape index (κ2) is 5.83. The molecule has 2 amide bonds. The van der Waals surface area contributed by atoms with Crippen molar-refractivity contribution in [2.45, 2.75) is 6.42 Å². The SMILES string of the molecule is CN(C)C(=O)CCNC(=O)c1ccncc1O. The van der Waals surface area contributed by atoms with Crippen LogP contribution in [0.3, 0.4) is 0 Å². The molecule has 1 heterocycles. The van der Waals surface area contributed by atoms with Crippen molar-refractivity contribution in [3.05, 3.63) is 24.0 Å². The molecule has 0 saturated carbocycles. The van der Waals surface area contributed by atoms with Crippen LogP contribution in [0.5, 0.6) is 5.75 Å². The van der Waals surface area contributed by atoms with Crippen LogP contribution >= 0.6 is 0 Å². The standard InChI is InChI=1S/C11H15N3O3/c1-14(2)10(16)4-6-13-11(17)8-3-5-12-7-9(8)15/h3,5,7,15H,4,6H2,1-2H3,(H,13,17). The van der Waals surface area contributed by atoms with Gasteiger partial charge in [0.05, 0.1) is 11.8 Å². The number of nitrogens with one attached hydrogen (secondary N) is 1. The summed E-state index contributed by atoms with van der Waals surface area (Å²) in [7, 11) is 3.30. The third-order valence-corrected chi connectivity index (χ3v) is 2.17. The minimum atomic E-state index is -0.420. The van der Waals surface area contributed by atoms with Crippen molar-refractivity contribution in [2.24, 2.45) is 0 Å². The predicted octanol–water partition coefficient (Wildman–Crippen LogP) is -0.00470. The van der Waals surface area contributed by atoms with Crippen molar-refractivity contribution in [2.75, 3.05) is 20.6 Å². The highest BCUT2D eigenvalue weighted by Crippen LogP contribution is 2.13. The molecule has 0 bridgehead atoms. The molecule has 0 aliphatic rings. The Morgan fingerprint density at radius 3 is 2.76 bits per heavy atom. The van der Waals surface area contributed by atoms with E-state index in [0.29, 0.717) is 0 Å². The number of rotatable bonds is 4. The van der Waals surface area contributed by atoms with Gasteiger partial charge in [0.1, 0.15) is 5.75 Å². The monoisotopic (exact) mass is 237 g/mol. The van der Waals surface area contributed by atoms with Crippen LogP contribution in [0.25, 0.3) is 0 Å². The van der Waals surface area contributed by atoms with Gasteiger partial charge in [-0.1, -0.05) is 0 Å². The zero-order valence-corrected chi connectivity index (χ0v) is 9.80. The Hall–Kier alpha value is -2.11. The molecule has 0 aliphatic carbocycles. The topological polar surface area (TPSA) is 82.5 Å². The Morgan fingerprint density at radius 2 is 2.18 bits per heavy atom. The molecule has 0 saturated heterocycles. The van der Waals surface area contributed by atoms with E-state index < -0.39 is 5.91 Å². The van der Waals surface area contributed by atoms with Gasteiger partial charge in [-0.15, -0.1) is 0 Å². The zero-order chi connectivity index (χ0) is 12.8. The van der Waals surface area contributed by atoms with Crippen LogP contribution in [0.4, 0.5) is 0 Å². The van der Waals surface area contributed by atoms with Crippen molar-refractivity contribution in [3.63, 3.8) is 0 Å². The lowest BCUT2D eigenvalue weighted by molar-refractivity contribution is -0.128. The van der Waals surface area contributed by atoms with E-state index in [9.17, 15) is 14.7 Å². The molecule has 1 aromatic rings. The van der Waals surface area contributed by atoms with Gasteiger partial charge in [0, 0.05) is 33.3 Å². The van der Waals surface area contributed by atoms with Gasteiger partial charge < -0.3 is 15.3 Å². The smallest absolute Gasteiger partial charge is 0.255 e. The molecule has 17 heavy (non-hydrogen) atoms. The molecule has 2 N–H and O–H groups in total. The maximum atomic E-state index is 11.6. The van der Waals surface area contributed by atoms with Crippen LogP contribution in [0.2, 0.25) is 0 Å². The fraction of sp³-hybridized carbons (Fsp3) is 0.364. The van der Waals surface area contributed by atoms with Gasteiger partial charge >= 0.3 is 0 Å². The Bertz CT molecular complexity index is 418. The summed E-state index contributed by atoms with van der Waals surface area (Å²) in [4.78, 5) is 28.0. The van der Waals surface area contributed by atoms with Gasteiger partial charge in [-0.3, -0.25) is 14.6 Å². The largest absolute Gasteiger partial charge is 0.505 e. The first-order valence-electron chi connectivity index (χ1n) is 5.13. The number of aromatic hydroxyl groups is 1. The summed E-state index contributed by atoms with van der Waals surface area (Å²) < 4.78 is 0. The minimum absolute atomic E-state index is 0.0655. The lowest BCUT2D eigenvalue weighted by atomic mass is 10.2. The Morgan fingerprint density at radius 1 is 1.47 bits per heavy atom. The average molecular weight is 237 g/mol. The van der Waals surface area contributed by atoms with E-state index >= 15 is 0 Å². The maximum Gasteiger partial charge on any atom is 0.255 e. The number of pyridine rings is 1. The molecule has 6 heteroatoms. The molecule has 6 nitrogen and oxygen atoms in total. The van der Waals surface area contributed by atoms with Crippen molar-refractivity contribution < 1.29 is 14.7 Å². The highest BCUT2D eigenvalue weighted by Gasteiger charge is 2.11. The summed E-state index contributed by atoms with van der Waals surface area (Å²) in [6, 6.07) is 1.42. The second-order valence-electron chi connectivity index (χ2n) is 3.69. The molecule has 0 aromatic carbocycles. The van der Waals surface area contributed by atoms with Crippen LogP contribution in [0, 0.1) is 0 Å². The molecule has 1 rings (SSSR count). The van der Waals surface area contributed by atoms with Gasteiger partial charge in [-0.05, 0) is 6.07 Å². The normalized spacial score (nSPS) is 9.76. The van der Waals surface area contributed by atoms with E-state index in [2.05, 4.69) is 10.3 Å². The number of carbonyl (C=O) groups is 2. The van der Waals surface area contributed by atoms with Crippen molar-refractivity contribution in [1.29, 1.82) is 0 Å². The number of carbonyl (C=O) groups excluding carboxylic acids is 2. The van der Waals surface area contributed by atoms with Crippen LogP contribution in [0.1, 0.15) is 16.8 Å². The van der Waals surface area contributed by atoms with Crippen molar-refractivity contribution in [1.82, 2.24) is 15.2 Å². The van der Waals surface area contributed by atoms with Gasteiger partial charge in [0.15, 0.2) is 0 Å². The number of hydrogen-bond acceptors (Lipinski definition) is 4. The number of aromatic nitrogens is 1. The molecule has 0 radical (unpaired) electrons. The zero-order valence-electron chi connectivity index (χ0n) is 9.80. The van der Waals surface area contributed by atoms with E-state index in [0.717, 1.165) is 0 Å². The Balaban J connectivity index is 2.46. The summed E-state index contributed by atoms with van der Waals surface area (Å²) in [6.07, 6.45) is 2.84.